The largest absolute Gasteiger partial charge is 0.497 e. The fourth-order valence-electron chi connectivity index (χ4n) is 1.57. The summed E-state index contributed by atoms with van der Waals surface area (Å²) < 4.78 is 5.10. The molecule has 1 aromatic carbocycles. The Labute approximate surface area is 97.1 Å². The van der Waals surface area contributed by atoms with Crippen LogP contribution in [0.5, 0.6) is 5.75 Å². The third-order valence-electron chi connectivity index (χ3n) is 2.42. The van der Waals surface area contributed by atoms with Crippen molar-refractivity contribution in [3.63, 3.8) is 0 Å². The van der Waals surface area contributed by atoms with E-state index < -0.39 is 5.69 Å². The Morgan fingerprint density at radius 2 is 2.12 bits per heavy atom. The summed E-state index contributed by atoms with van der Waals surface area (Å²) in [6.45, 7) is 0. The van der Waals surface area contributed by atoms with Gasteiger partial charge in [-0.3, -0.25) is 9.78 Å². The summed E-state index contributed by atoms with van der Waals surface area (Å²) in [6, 6.07) is 7.44. The molecule has 0 aliphatic rings. The topological polar surface area (TPSA) is 75.0 Å². The van der Waals surface area contributed by atoms with Crippen LogP contribution < -0.4 is 16.0 Å². The number of aromatic amines is 2. The van der Waals surface area contributed by atoms with Gasteiger partial charge in [0.25, 0.3) is 5.56 Å². The maximum absolute atomic E-state index is 11.5. The van der Waals surface area contributed by atoms with Crippen molar-refractivity contribution in [2.24, 2.45) is 0 Å². The second-order valence-corrected chi connectivity index (χ2v) is 3.63. The zero-order valence-electron chi connectivity index (χ0n) is 9.32. The van der Waals surface area contributed by atoms with Crippen LogP contribution in [0.15, 0.2) is 40.1 Å². The van der Waals surface area contributed by atoms with Crippen LogP contribution in [0, 0.1) is 0 Å². The minimum Gasteiger partial charge on any atom is -0.497 e. The number of benzene rings is 1. The van der Waals surface area contributed by atoms with Crippen LogP contribution in [0.3, 0.4) is 0 Å². The standard InChI is InChI=1S/C12H12N2O3/c1-17-10-4-2-3-8(6-10)5-9-7-13-12(16)14-11(9)15/h2-4,6-7H,5H2,1H3,(H2,13,14,15,16). The van der Waals surface area contributed by atoms with Crippen molar-refractivity contribution >= 4 is 0 Å². The summed E-state index contributed by atoms with van der Waals surface area (Å²) in [6.07, 6.45) is 1.88. The van der Waals surface area contributed by atoms with Crippen LogP contribution >= 0.6 is 0 Å². The van der Waals surface area contributed by atoms with Gasteiger partial charge in [0, 0.05) is 18.2 Å². The van der Waals surface area contributed by atoms with E-state index in [-0.39, 0.29) is 5.56 Å². The Kier molecular flexibility index (Phi) is 3.09. The van der Waals surface area contributed by atoms with Crippen LogP contribution in [0.4, 0.5) is 0 Å². The van der Waals surface area contributed by atoms with Crippen molar-refractivity contribution < 1.29 is 4.74 Å². The van der Waals surface area contributed by atoms with E-state index in [2.05, 4.69) is 9.97 Å². The molecule has 17 heavy (non-hydrogen) atoms. The number of hydrogen-bond donors (Lipinski definition) is 2. The third-order valence-corrected chi connectivity index (χ3v) is 2.42. The quantitative estimate of drug-likeness (QED) is 0.816. The van der Waals surface area contributed by atoms with Gasteiger partial charge in [0.05, 0.1) is 7.11 Å². The van der Waals surface area contributed by atoms with Crippen molar-refractivity contribution in [2.75, 3.05) is 7.11 Å². The van der Waals surface area contributed by atoms with Gasteiger partial charge in [0.15, 0.2) is 0 Å². The summed E-state index contributed by atoms with van der Waals surface area (Å²) in [7, 11) is 1.59. The van der Waals surface area contributed by atoms with Gasteiger partial charge in [-0.05, 0) is 17.7 Å². The normalized spacial score (nSPS) is 10.2. The summed E-state index contributed by atoms with van der Waals surface area (Å²) in [4.78, 5) is 27.0. The Morgan fingerprint density at radius 3 is 2.82 bits per heavy atom. The van der Waals surface area contributed by atoms with Crippen LogP contribution in [-0.2, 0) is 6.42 Å². The fourth-order valence-corrected chi connectivity index (χ4v) is 1.57. The lowest BCUT2D eigenvalue weighted by Gasteiger charge is -2.03. The van der Waals surface area contributed by atoms with E-state index in [9.17, 15) is 9.59 Å². The maximum Gasteiger partial charge on any atom is 0.325 e. The van der Waals surface area contributed by atoms with Crippen LogP contribution in [-0.4, -0.2) is 17.1 Å². The van der Waals surface area contributed by atoms with Gasteiger partial charge >= 0.3 is 5.69 Å². The second kappa shape index (κ2) is 4.69. The van der Waals surface area contributed by atoms with E-state index in [1.54, 1.807) is 7.11 Å². The zero-order chi connectivity index (χ0) is 12.3. The smallest absolute Gasteiger partial charge is 0.325 e. The van der Waals surface area contributed by atoms with Crippen molar-refractivity contribution in [3.8, 4) is 5.75 Å². The molecule has 5 heteroatoms. The van der Waals surface area contributed by atoms with Crippen LogP contribution in [0.25, 0.3) is 0 Å². The van der Waals surface area contributed by atoms with Crippen molar-refractivity contribution in [1.29, 1.82) is 0 Å². The molecule has 0 saturated heterocycles. The molecule has 0 unspecified atom stereocenters. The Balaban J connectivity index is 2.31. The minimum atomic E-state index is -0.496. The average Bonchev–Trinajstić information content (AvgIpc) is 2.33. The number of aromatic nitrogens is 2. The molecule has 0 aliphatic carbocycles. The molecule has 0 bridgehead atoms. The lowest BCUT2D eigenvalue weighted by atomic mass is 10.1. The van der Waals surface area contributed by atoms with Gasteiger partial charge in [0.2, 0.25) is 0 Å². The molecular weight excluding hydrogens is 220 g/mol. The van der Waals surface area contributed by atoms with Crippen LogP contribution in [0.1, 0.15) is 11.1 Å². The number of nitrogens with one attached hydrogen (secondary N) is 2. The number of H-pyrrole nitrogens is 2. The van der Waals surface area contributed by atoms with Crippen molar-refractivity contribution in [1.82, 2.24) is 9.97 Å². The maximum atomic E-state index is 11.5. The molecule has 0 radical (unpaired) electrons. The molecule has 88 valence electrons. The zero-order valence-corrected chi connectivity index (χ0v) is 9.32. The van der Waals surface area contributed by atoms with E-state index in [0.29, 0.717) is 12.0 Å². The molecule has 0 amide bonds. The molecule has 2 rings (SSSR count). The Hall–Kier alpha value is -2.30. The molecule has 2 N–H and O–H groups in total. The first-order valence-corrected chi connectivity index (χ1v) is 5.13. The van der Waals surface area contributed by atoms with Gasteiger partial charge in [-0.1, -0.05) is 12.1 Å². The first kappa shape index (κ1) is 11.2. The lowest BCUT2D eigenvalue weighted by molar-refractivity contribution is 0.414. The number of ether oxygens (including phenoxy) is 1. The number of hydrogen-bond acceptors (Lipinski definition) is 3. The number of rotatable bonds is 3. The monoisotopic (exact) mass is 232 g/mol. The van der Waals surface area contributed by atoms with E-state index >= 15 is 0 Å². The summed E-state index contributed by atoms with van der Waals surface area (Å²) >= 11 is 0. The number of methoxy groups -OCH3 is 1. The lowest BCUT2D eigenvalue weighted by Crippen LogP contribution is -2.24. The first-order chi connectivity index (χ1) is 8.19. The van der Waals surface area contributed by atoms with E-state index in [1.165, 1.54) is 6.20 Å². The van der Waals surface area contributed by atoms with Crippen LogP contribution in [0.2, 0.25) is 0 Å². The molecule has 0 aliphatic heterocycles. The fraction of sp³-hybridized carbons (Fsp3) is 0.167. The molecule has 0 fully saturated rings. The van der Waals surface area contributed by atoms with Gasteiger partial charge in [-0.2, -0.15) is 0 Å². The Morgan fingerprint density at radius 1 is 1.29 bits per heavy atom. The highest BCUT2D eigenvalue weighted by molar-refractivity contribution is 5.31. The summed E-state index contributed by atoms with van der Waals surface area (Å²) in [5.41, 5.74) is 0.598. The van der Waals surface area contributed by atoms with E-state index in [4.69, 9.17) is 4.74 Å². The highest BCUT2D eigenvalue weighted by Gasteiger charge is 2.02. The molecule has 1 heterocycles. The van der Waals surface area contributed by atoms with E-state index in [0.717, 1.165) is 11.3 Å². The molecule has 0 atom stereocenters. The van der Waals surface area contributed by atoms with Crippen molar-refractivity contribution in [2.45, 2.75) is 6.42 Å². The molecule has 2 aromatic rings. The first-order valence-electron chi connectivity index (χ1n) is 5.13. The summed E-state index contributed by atoms with van der Waals surface area (Å²) in [5, 5.41) is 0. The van der Waals surface area contributed by atoms with E-state index in [1.807, 2.05) is 24.3 Å². The third kappa shape index (κ3) is 2.63. The molecular formula is C12H12N2O3. The highest BCUT2D eigenvalue weighted by atomic mass is 16.5. The second-order valence-electron chi connectivity index (χ2n) is 3.63. The van der Waals surface area contributed by atoms with Gasteiger partial charge in [-0.15, -0.1) is 0 Å². The van der Waals surface area contributed by atoms with Gasteiger partial charge in [-0.25, -0.2) is 4.79 Å². The molecule has 0 saturated carbocycles. The Bertz CT molecular complexity index is 628. The molecule has 1 aromatic heterocycles. The summed E-state index contributed by atoms with van der Waals surface area (Å²) in [5.74, 6) is 0.739. The molecule has 5 nitrogen and oxygen atoms in total. The molecule has 0 spiro atoms. The SMILES string of the molecule is COc1cccc(Cc2c[nH]c(=O)[nH]c2=O)c1. The van der Waals surface area contributed by atoms with Gasteiger partial charge in [0.1, 0.15) is 5.75 Å². The minimum absolute atomic E-state index is 0.364. The van der Waals surface area contributed by atoms with Gasteiger partial charge < -0.3 is 9.72 Å². The average molecular weight is 232 g/mol. The predicted molar refractivity (Wildman–Crippen MR) is 63.5 cm³/mol. The highest BCUT2D eigenvalue weighted by Crippen LogP contribution is 2.14. The van der Waals surface area contributed by atoms with Crippen molar-refractivity contribution in [3.05, 3.63) is 62.4 Å². The predicted octanol–water partition coefficient (Wildman–Crippen LogP) is 0.663.